The number of aromatic nitrogens is 3. The Bertz CT molecular complexity index is 672. The van der Waals surface area contributed by atoms with Gasteiger partial charge in [-0.15, -0.1) is 0 Å². The summed E-state index contributed by atoms with van der Waals surface area (Å²) in [5.41, 5.74) is 0. The van der Waals surface area contributed by atoms with Gasteiger partial charge in [0.2, 0.25) is 5.95 Å². The number of hydrogen-bond acceptors (Lipinski definition) is 5. The van der Waals surface area contributed by atoms with E-state index in [1.165, 1.54) is 6.33 Å². The number of carbonyl (C=O) groups excluding carboxylic acids is 1. The van der Waals surface area contributed by atoms with Crippen molar-refractivity contribution in [3.8, 4) is 5.75 Å². The number of carbonyl (C=O) groups is 1. The van der Waals surface area contributed by atoms with Gasteiger partial charge in [0, 0.05) is 31.2 Å². The van der Waals surface area contributed by atoms with Crippen LogP contribution < -0.4 is 9.64 Å². The molecular weight excluding hydrogens is 341 g/mol. The topological polar surface area (TPSA) is 74.3 Å². The van der Waals surface area contributed by atoms with Crippen LogP contribution in [0.3, 0.4) is 0 Å². The van der Waals surface area contributed by atoms with Gasteiger partial charge in [-0.3, -0.25) is 4.79 Å². The zero-order chi connectivity index (χ0) is 16.2. The van der Waals surface area contributed by atoms with Crippen LogP contribution in [0.1, 0.15) is 0 Å². The van der Waals surface area contributed by atoms with Crippen molar-refractivity contribution < 1.29 is 9.53 Å². The number of aromatic amines is 1. The number of nitrogens with zero attached hydrogens (tertiary/aromatic N) is 4. The summed E-state index contributed by atoms with van der Waals surface area (Å²) in [4.78, 5) is 20.1. The highest BCUT2D eigenvalue weighted by molar-refractivity contribution is 6.35. The summed E-state index contributed by atoms with van der Waals surface area (Å²) >= 11 is 11.8. The van der Waals surface area contributed by atoms with Crippen LogP contribution in [-0.4, -0.2) is 58.8 Å². The number of nitrogens with one attached hydrogen (secondary N) is 1. The van der Waals surface area contributed by atoms with Crippen molar-refractivity contribution >= 4 is 35.1 Å². The molecule has 9 heteroatoms. The maximum atomic E-state index is 12.2. The standard InChI is InChI=1S/C14H15Cl2N5O2/c15-10-1-2-12(11(16)7-10)23-8-13(22)20-3-5-21(6-4-20)14-17-9-18-19-14/h1-2,7,9H,3-6,8H2,(H,17,18,19). The van der Waals surface area contributed by atoms with Gasteiger partial charge < -0.3 is 14.5 Å². The largest absolute Gasteiger partial charge is 0.482 e. The van der Waals surface area contributed by atoms with E-state index >= 15 is 0 Å². The highest BCUT2D eigenvalue weighted by Gasteiger charge is 2.22. The number of rotatable bonds is 4. The van der Waals surface area contributed by atoms with Crippen LogP contribution in [0, 0.1) is 0 Å². The Hall–Kier alpha value is -1.99. The summed E-state index contributed by atoms with van der Waals surface area (Å²) in [7, 11) is 0. The van der Waals surface area contributed by atoms with Gasteiger partial charge in [-0.25, -0.2) is 5.10 Å². The minimum absolute atomic E-state index is 0.0519. The van der Waals surface area contributed by atoms with E-state index in [1.807, 2.05) is 4.90 Å². The second kappa shape index (κ2) is 7.06. The predicted octanol–water partition coefficient (Wildman–Crippen LogP) is 1.84. The van der Waals surface area contributed by atoms with E-state index in [1.54, 1.807) is 23.1 Å². The Labute approximate surface area is 143 Å². The lowest BCUT2D eigenvalue weighted by Gasteiger charge is -2.34. The Morgan fingerprint density at radius 1 is 1.26 bits per heavy atom. The van der Waals surface area contributed by atoms with E-state index in [-0.39, 0.29) is 12.5 Å². The summed E-state index contributed by atoms with van der Waals surface area (Å²) in [6, 6.07) is 4.91. The van der Waals surface area contributed by atoms with Crippen LogP contribution in [0.25, 0.3) is 0 Å². The zero-order valence-electron chi connectivity index (χ0n) is 12.2. The van der Waals surface area contributed by atoms with Crippen LogP contribution in [0.5, 0.6) is 5.75 Å². The molecule has 0 radical (unpaired) electrons. The number of piperazine rings is 1. The molecule has 7 nitrogen and oxygen atoms in total. The molecule has 1 aliphatic heterocycles. The fourth-order valence-corrected chi connectivity index (χ4v) is 2.81. The average molecular weight is 356 g/mol. The van der Waals surface area contributed by atoms with Gasteiger partial charge in [0.05, 0.1) is 5.02 Å². The molecule has 1 aliphatic rings. The molecule has 1 N–H and O–H groups in total. The molecule has 0 unspecified atom stereocenters. The number of anilines is 1. The fraction of sp³-hybridized carbons (Fsp3) is 0.357. The third-order valence-electron chi connectivity index (χ3n) is 3.58. The van der Waals surface area contributed by atoms with Crippen LogP contribution in [0.2, 0.25) is 10.0 Å². The molecule has 0 saturated carbocycles. The van der Waals surface area contributed by atoms with E-state index in [2.05, 4.69) is 15.2 Å². The van der Waals surface area contributed by atoms with Crippen molar-refractivity contribution in [2.75, 3.05) is 37.7 Å². The summed E-state index contributed by atoms with van der Waals surface area (Å²) < 4.78 is 5.48. The molecule has 1 amide bonds. The molecule has 1 aromatic heterocycles. The smallest absolute Gasteiger partial charge is 0.260 e. The highest BCUT2D eigenvalue weighted by atomic mass is 35.5. The first-order valence-corrected chi connectivity index (χ1v) is 7.85. The van der Waals surface area contributed by atoms with E-state index in [9.17, 15) is 4.79 Å². The lowest BCUT2D eigenvalue weighted by atomic mass is 10.3. The first kappa shape index (κ1) is 15.9. The highest BCUT2D eigenvalue weighted by Crippen LogP contribution is 2.27. The van der Waals surface area contributed by atoms with Crippen molar-refractivity contribution in [2.45, 2.75) is 0 Å². The number of hydrogen-bond donors (Lipinski definition) is 1. The first-order valence-electron chi connectivity index (χ1n) is 7.09. The SMILES string of the molecule is O=C(COc1ccc(Cl)cc1Cl)N1CCN(c2ncn[nH]2)CC1. The van der Waals surface area contributed by atoms with Gasteiger partial charge in [-0.2, -0.15) is 10.1 Å². The fourth-order valence-electron chi connectivity index (χ4n) is 2.34. The zero-order valence-corrected chi connectivity index (χ0v) is 13.7. The van der Waals surface area contributed by atoms with Crippen molar-refractivity contribution in [1.29, 1.82) is 0 Å². The van der Waals surface area contributed by atoms with Gasteiger partial charge in [0.15, 0.2) is 6.61 Å². The monoisotopic (exact) mass is 355 g/mol. The van der Waals surface area contributed by atoms with Gasteiger partial charge in [-0.05, 0) is 18.2 Å². The number of halogens is 2. The summed E-state index contributed by atoms with van der Waals surface area (Å²) in [5, 5.41) is 7.56. The van der Waals surface area contributed by atoms with Crippen molar-refractivity contribution in [2.24, 2.45) is 0 Å². The van der Waals surface area contributed by atoms with Gasteiger partial charge in [-0.1, -0.05) is 23.2 Å². The molecule has 2 heterocycles. The van der Waals surface area contributed by atoms with Crippen LogP contribution in [-0.2, 0) is 4.79 Å². The van der Waals surface area contributed by atoms with Gasteiger partial charge >= 0.3 is 0 Å². The minimum atomic E-state index is -0.0757. The summed E-state index contributed by atoms with van der Waals surface area (Å²) in [6.07, 6.45) is 1.47. The third-order valence-corrected chi connectivity index (χ3v) is 4.11. The van der Waals surface area contributed by atoms with E-state index in [4.69, 9.17) is 27.9 Å². The third kappa shape index (κ3) is 3.86. The molecule has 1 saturated heterocycles. The van der Waals surface area contributed by atoms with Gasteiger partial charge in [0.25, 0.3) is 5.91 Å². The molecule has 3 rings (SSSR count). The Kier molecular flexibility index (Phi) is 4.88. The molecule has 0 spiro atoms. The number of amides is 1. The van der Waals surface area contributed by atoms with Crippen LogP contribution >= 0.6 is 23.2 Å². The Morgan fingerprint density at radius 2 is 2.04 bits per heavy atom. The van der Waals surface area contributed by atoms with Gasteiger partial charge in [0.1, 0.15) is 12.1 Å². The predicted molar refractivity (Wildman–Crippen MR) is 87.1 cm³/mol. The number of benzene rings is 1. The van der Waals surface area contributed by atoms with E-state index in [0.29, 0.717) is 42.0 Å². The normalized spacial score (nSPS) is 14.9. The molecule has 122 valence electrons. The maximum absolute atomic E-state index is 12.2. The van der Waals surface area contributed by atoms with Crippen molar-refractivity contribution in [3.63, 3.8) is 0 Å². The second-order valence-electron chi connectivity index (χ2n) is 5.04. The number of H-pyrrole nitrogens is 1. The van der Waals surface area contributed by atoms with Crippen molar-refractivity contribution in [1.82, 2.24) is 20.1 Å². The second-order valence-corrected chi connectivity index (χ2v) is 5.88. The molecule has 23 heavy (non-hydrogen) atoms. The number of ether oxygens (including phenoxy) is 1. The van der Waals surface area contributed by atoms with E-state index in [0.717, 1.165) is 5.95 Å². The Balaban J connectivity index is 1.50. The maximum Gasteiger partial charge on any atom is 0.260 e. The van der Waals surface area contributed by atoms with E-state index < -0.39 is 0 Å². The molecular formula is C14H15Cl2N5O2. The lowest BCUT2D eigenvalue weighted by molar-refractivity contribution is -0.133. The molecule has 2 aromatic rings. The lowest BCUT2D eigenvalue weighted by Crippen LogP contribution is -2.50. The van der Waals surface area contributed by atoms with Crippen LogP contribution in [0.4, 0.5) is 5.95 Å². The van der Waals surface area contributed by atoms with Crippen LogP contribution in [0.15, 0.2) is 24.5 Å². The minimum Gasteiger partial charge on any atom is -0.482 e. The first-order chi connectivity index (χ1) is 11.1. The quantitative estimate of drug-likeness (QED) is 0.905. The Morgan fingerprint density at radius 3 is 2.70 bits per heavy atom. The molecule has 0 atom stereocenters. The molecule has 0 aliphatic carbocycles. The average Bonchev–Trinajstić information content (AvgIpc) is 3.08. The summed E-state index contributed by atoms with van der Waals surface area (Å²) in [6.45, 7) is 2.56. The molecule has 1 aromatic carbocycles. The van der Waals surface area contributed by atoms with Crippen molar-refractivity contribution in [3.05, 3.63) is 34.6 Å². The molecule has 1 fully saturated rings. The summed E-state index contributed by atoms with van der Waals surface area (Å²) in [5.74, 6) is 1.10. The molecule has 0 bridgehead atoms.